The number of aromatic amines is 1. The molecule has 2 heterocycles. The van der Waals surface area contributed by atoms with Crippen LogP contribution in [-0.2, 0) is 4.79 Å². The van der Waals surface area contributed by atoms with Crippen molar-refractivity contribution in [1.82, 2.24) is 4.98 Å². The van der Waals surface area contributed by atoms with Crippen LogP contribution in [0.2, 0.25) is 0 Å². The van der Waals surface area contributed by atoms with E-state index in [2.05, 4.69) is 4.98 Å². The zero-order valence-corrected chi connectivity index (χ0v) is 8.49. The van der Waals surface area contributed by atoms with Gasteiger partial charge in [-0.05, 0) is 18.6 Å². The number of carbonyl (C=O) groups is 1. The summed E-state index contributed by atoms with van der Waals surface area (Å²) in [5.41, 5.74) is 6.73. The van der Waals surface area contributed by atoms with Crippen LogP contribution in [0, 0.1) is 6.92 Å². The van der Waals surface area contributed by atoms with Gasteiger partial charge in [0.15, 0.2) is 0 Å². The number of aromatic nitrogens is 1. The highest BCUT2D eigenvalue weighted by molar-refractivity contribution is 5.96. The lowest BCUT2D eigenvalue weighted by Crippen LogP contribution is -2.32. The van der Waals surface area contributed by atoms with Crippen LogP contribution in [0.15, 0.2) is 17.1 Å². The van der Waals surface area contributed by atoms with Gasteiger partial charge in [0.1, 0.15) is 5.69 Å². The molecular weight excluding hydrogens is 194 g/mol. The monoisotopic (exact) mass is 207 g/mol. The van der Waals surface area contributed by atoms with Gasteiger partial charge in [-0.15, -0.1) is 0 Å². The summed E-state index contributed by atoms with van der Waals surface area (Å²) in [6.07, 6.45) is 1.93. The minimum absolute atomic E-state index is 0.0846. The smallest absolute Gasteiger partial charge is 0.271 e. The predicted octanol–water partition coefficient (Wildman–Crippen LogP) is -0.253. The van der Waals surface area contributed by atoms with Gasteiger partial charge in [-0.1, -0.05) is 0 Å². The molecule has 1 amide bonds. The molecule has 1 unspecified atom stereocenters. The maximum Gasteiger partial charge on any atom is 0.271 e. The van der Waals surface area contributed by atoms with Crippen molar-refractivity contribution in [2.45, 2.75) is 19.4 Å². The Hall–Kier alpha value is -1.62. The van der Waals surface area contributed by atoms with Gasteiger partial charge in [0.25, 0.3) is 5.56 Å². The van der Waals surface area contributed by atoms with Crippen LogP contribution in [0.1, 0.15) is 12.0 Å². The Morgan fingerprint density at radius 1 is 1.53 bits per heavy atom. The van der Waals surface area contributed by atoms with E-state index >= 15 is 0 Å². The second-order valence-electron chi connectivity index (χ2n) is 3.86. The van der Waals surface area contributed by atoms with Gasteiger partial charge in [-0.2, -0.15) is 0 Å². The van der Waals surface area contributed by atoms with E-state index in [0.717, 1.165) is 5.56 Å². The van der Waals surface area contributed by atoms with E-state index in [0.29, 0.717) is 18.7 Å². The van der Waals surface area contributed by atoms with E-state index < -0.39 is 0 Å². The molecule has 3 N–H and O–H groups in total. The number of nitrogens with zero attached hydrogens (tertiary/aromatic N) is 1. The molecule has 80 valence electrons. The molecule has 1 fully saturated rings. The molecule has 0 bridgehead atoms. The Balaban J connectivity index is 2.41. The zero-order chi connectivity index (χ0) is 11.0. The van der Waals surface area contributed by atoms with Gasteiger partial charge in [0, 0.05) is 25.2 Å². The van der Waals surface area contributed by atoms with Gasteiger partial charge in [0.05, 0.1) is 0 Å². The summed E-state index contributed by atoms with van der Waals surface area (Å²) >= 11 is 0. The van der Waals surface area contributed by atoms with Gasteiger partial charge in [-0.25, -0.2) is 0 Å². The molecule has 0 spiro atoms. The van der Waals surface area contributed by atoms with Crippen LogP contribution >= 0.6 is 0 Å². The molecule has 1 aliphatic rings. The standard InChI is InChI=1S/C10H13N3O2/c1-6-2-8(10(15)12-4-6)13-5-7(11)3-9(13)14/h2,4,7H,3,5,11H2,1H3,(H,12,15). The summed E-state index contributed by atoms with van der Waals surface area (Å²) in [5, 5.41) is 0. The third-order valence-corrected chi connectivity index (χ3v) is 2.47. The van der Waals surface area contributed by atoms with Crippen LogP contribution in [0.4, 0.5) is 5.69 Å². The normalized spacial score (nSPS) is 21.1. The third-order valence-electron chi connectivity index (χ3n) is 2.47. The van der Waals surface area contributed by atoms with Crippen LogP contribution in [-0.4, -0.2) is 23.5 Å². The average Bonchev–Trinajstić information content (AvgIpc) is 2.50. The summed E-state index contributed by atoms with van der Waals surface area (Å²) in [6, 6.07) is 1.53. The molecule has 2 rings (SSSR count). The van der Waals surface area contributed by atoms with E-state index in [1.807, 2.05) is 6.92 Å². The molecule has 1 aromatic heterocycles. The van der Waals surface area contributed by atoms with Crippen molar-refractivity contribution in [1.29, 1.82) is 0 Å². The molecular formula is C10H13N3O2. The molecule has 1 atom stereocenters. The van der Waals surface area contributed by atoms with Crippen LogP contribution in [0.5, 0.6) is 0 Å². The van der Waals surface area contributed by atoms with Crippen LogP contribution < -0.4 is 16.2 Å². The van der Waals surface area contributed by atoms with E-state index in [1.54, 1.807) is 12.3 Å². The second-order valence-corrected chi connectivity index (χ2v) is 3.86. The van der Waals surface area contributed by atoms with Crippen molar-refractivity contribution in [3.05, 3.63) is 28.2 Å². The van der Waals surface area contributed by atoms with Gasteiger partial charge < -0.3 is 15.6 Å². The van der Waals surface area contributed by atoms with Crippen LogP contribution in [0.3, 0.4) is 0 Å². The summed E-state index contributed by atoms with van der Waals surface area (Å²) in [6.45, 7) is 2.28. The Morgan fingerprint density at radius 3 is 2.87 bits per heavy atom. The minimum atomic E-state index is -0.247. The number of pyridine rings is 1. The van der Waals surface area contributed by atoms with Gasteiger partial charge >= 0.3 is 0 Å². The number of amides is 1. The number of carbonyl (C=O) groups excluding carboxylic acids is 1. The molecule has 0 saturated carbocycles. The number of rotatable bonds is 1. The first-order valence-electron chi connectivity index (χ1n) is 4.83. The van der Waals surface area contributed by atoms with E-state index in [9.17, 15) is 9.59 Å². The highest BCUT2D eigenvalue weighted by Crippen LogP contribution is 2.17. The highest BCUT2D eigenvalue weighted by atomic mass is 16.2. The maximum atomic E-state index is 11.5. The van der Waals surface area contributed by atoms with Crippen molar-refractivity contribution in [3.8, 4) is 0 Å². The topological polar surface area (TPSA) is 79.2 Å². The summed E-state index contributed by atoms with van der Waals surface area (Å²) in [4.78, 5) is 27.1. The second kappa shape index (κ2) is 3.51. The van der Waals surface area contributed by atoms with Crippen LogP contribution in [0.25, 0.3) is 0 Å². The first-order chi connectivity index (χ1) is 7.08. The molecule has 5 heteroatoms. The first kappa shape index (κ1) is 9.92. The Labute approximate surface area is 86.9 Å². The minimum Gasteiger partial charge on any atom is -0.327 e. The Kier molecular flexibility index (Phi) is 2.32. The number of hydrogen-bond donors (Lipinski definition) is 2. The first-order valence-corrected chi connectivity index (χ1v) is 4.83. The molecule has 15 heavy (non-hydrogen) atoms. The fraction of sp³-hybridized carbons (Fsp3) is 0.400. The molecule has 0 aromatic carbocycles. The van der Waals surface area contributed by atoms with Gasteiger partial charge in [0.2, 0.25) is 5.91 Å². The van der Waals surface area contributed by atoms with E-state index in [1.165, 1.54) is 4.90 Å². The molecule has 5 nitrogen and oxygen atoms in total. The fourth-order valence-electron chi connectivity index (χ4n) is 1.74. The quantitative estimate of drug-likeness (QED) is 0.666. The highest BCUT2D eigenvalue weighted by Gasteiger charge is 2.29. The predicted molar refractivity (Wildman–Crippen MR) is 56.7 cm³/mol. The summed E-state index contributed by atoms with van der Waals surface area (Å²) in [5.74, 6) is -0.0846. The molecule has 1 aliphatic heterocycles. The maximum absolute atomic E-state index is 11.5. The number of hydrogen-bond acceptors (Lipinski definition) is 3. The van der Waals surface area contributed by atoms with Gasteiger partial charge in [-0.3, -0.25) is 9.59 Å². The Morgan fingerprint density at radius 2 is 2.27 bits per heavy atom. The third kappa shape index (κ3) is 1.78. The average molecular weight is 207 g/mol. The van der Waals surface area contributed by atoms with E-state index in [4.69, 9.17) is 5.73 Å². The molecule has 0 radical (unpaired) electrons. The van der Waals surface area contributed by atoms with Crippen molar-refractivity contribution < 1.29 is 4.79 Å². The molecule has 0 aliphatic carbocycles. The number of aryl methyl sites for hydroxylation is 1. The van der Waals surface area contributed by atoms with E-state index in [-0.39, 0.29) is 17.5 Å². The SMILES string of the molecule is Cc1c[nH]c(=O)c(N2CC(N)CC2=O)c1. The lowest BCUT2D eigenvalue weighted by atomic mass is 10.3. The molecule has 1 aromatic rings. The lowest BCUT2D eigenvalue weighted by molar-refractivity contribution is -0.117. The number of anilines is 1. The lowest BCUT2D eigenvalue weighted by Gasteiger charge is -2.15. The van der Waals surface area contributed by atoms with Crippen molar-refractivity contribution in [2.24, 2.45) is 5.73 Å². The zero-order valence-electron chi connectivity index (χ0n) is 8.49. The Bertz CT molecular complexity index is 452. The number of nitrogens with one attached hydrogen (secondary N) is 1. The molecule has 1 saturated heterocycles. The summed E-state index contributed by atoms with van der Waals surface area (Å²) < 4.78 is 0. The number of H-pyrrole nitrogens is 1. The summed E-state index contributed by atoms with van der Waals surface area (Å²) in [7, 11) is 0. The fourth-order valence-corrected chi connectivity index (χ4v) is 1.74. The largest absolute Gasteiger partial charge is 0.327 e. The van der Waals surface area contributed by atoms with Crippen molar-refractivity contribution in [2.75, 3.05) is 11.4 Å². The van der Waals surface area contributed by atoms with Crippen molar-refractivity contribution >= 4 is 11.6 Å². The van der Waals surface area contributed by atoms with Crippen molar-refractivity contribution in [3.63, 3.8) is 0 Å². The number of nitrogens with two attached hydrogens (primary N) is 1.